The molecule has 1 N–H and O–H groups in total. The van der Waals surface area contributed by atoms with E-state index < -0.39 is 40.5 Å². The average molecular weight is 699 g/mol. The lowest BCUT2D eigenvalue weighted by atomic mass is 9.81. The fourth-order valence-electron chi connectivity index (χ4n) is 6.82. The van der Waals surface area contributed by atoms with Gasteiger partial charge in [0, 0.05) is 30.4 Å². The zero-order valence-electron chi connectivity index (χ0n) is 27.1. The first kappa shape index (κ1) is 37.5. The van der Waals surface area contributed by atoms with Crippen molar-refractivity contribution < 1.29 is 39.9 Å². The number of carbonyl (C=O) groups is 1. The molecule has 0 aromatic heterocycles. The summed E-state index contributed by atoms with van der Waals surface area (Å²) in [6, 6.07) is 13.7. The standard InChI is InChI=1S/C34H43F5N4O4S/c1-3-42(20-23-5-11-26(12-6-23)34(37,38)39)28-19-29(22-47-33(35)36)43(21-28)27-13-7-25(8-14-27)32(44)41-31(17-18-40)24-9-15-30(16-10-24)48(45,46)4-2/h7-10,13-16,23,26,28-29,31,33H,3-6,11-12,17,19-22H2,1-2H3,(H,41,44)/t23-,26-,28-,29+,31+/m1/s1. The summed E-state index contributed by atoms with van der Waals surface area (Å²) in [7, 11) is -3.40. The second kappa shape index (κ2) is 16.4. The number of hydrogen-bond acceptors (Lipinski definition) is 7. The van der Waals surface area contributed by atoms with Crippen LogP contribution in [0, 0.1) is 23.2 Å². The topological polar surface area (TPSA) is 103 Å². The van der Waals surface area contributed by atoms with Gasteiger partial charge in [0.15, 0.2) is 9.84 Å². The van der Waals surface area contributed by atoms with Crippen molar-refractivity contribution in [3.63, 3.8) is 0 Å². The third kappa shape index (κ3) is 9.66. The number of sulfone groups is 1. The van der Waals surface area contributed by atoms with Crippen molar-refractivity contribution in [1.29, 1.82) is 5.26 Å². The number of halogens is 5. The first-order valence-electron chi connectivity index (χ1n) is 16.3. The van der Waals surface area contributed by atoms with Gasteiger partial charge in [-0.3, -0.25) is 9.69 Å². The molecule has 1 aliphatic heterocycles. The fraction of sp³-hybridized carbons (Fsp3) is 0.588. The molecule has 1 heterocycles. The van der Waals surface area contributed by atoms with Gasteiger partial charge >= 0.3 is 12.8 Å². The van der Waals surface area contributed by atoms with Crippen LogP contribution < -0.4 is 10.2 Å². The number of nitriles is 1. The summed E-state index contributed by atoms with van der Waals surface area (Å²) in [5, 5.41) is 12.2. The largest absolute Gasteiger partial charge is 0.391 e. The molecular formula is C34H43F5N4O4S. The molecule has 2 aromatic carbocycles. The average Bonchev–Trinajstić information content (AvgIpc) is 3.50. The predicted molar refractivity (Wildman–Crippen MR) is 171 cm³/mol. The maximum Gasteiger partial charge on any atom is 0.391 e. The van der Waals surface area contributed by atoms with E-state index in [0.29, 0.717) is 55.7 Å². The van der Waals surface area contributed by atoms with Crippen LogP contribution in [0.2, 0.25) is 0 Å². The zero-order chi connectivity index (χ0) is 35.1. The molecule has 1 saturated carbocycles. The van der Waals surface area contributed by atoms with E-state index >= 15 is 0 Å². The molecule has 0 spiro atoms. The predicted octanol–water partition coefficient (Wildman–Crippen LogP) is 6.74. The van der Waals surface area contributed by atoms with E-state index in [0.717, 1.165) is 0 Å². The highest BCUT2D eigenvalue weighted by molar-refractivity contribution is 7.91. The van der Waals surface area contributed by atoms with Gasteiger partial charge in [-0.25, -0.2) is 8.42 Å². The van der Waals surface area contributed by atoms with Gasteiger partial charge in [-0.2, -0.15) is 27.2 Å². The highest BCUT2D eigenvalue weighted by Crippen LogP contribution is 2.40. The molecule has 1 aliphatic carbocycles. The Morgan fingerprint density at radius 3 is 2.25 bits per heavy atom. The molecule has 1 saturated heterocycles. The number of hydrogen-bond donors (Lipinski definition) is 1. The van der Waals surface area contributed by atoms with Crippen molar-refractivity contribution in [2.24, 2.45) is 11.8 Å². The minimum atomic E-state index is -4.17. The SMILES string of the molecule is CCN(C[C@H]1CC[C@H](C(F)(F)F)CC1)[C@@H]1C[C@@H](COC(F)F)N(c2ccc(C(=O)N[C@@H](CC#N)c3ccc(S(=O)(=O)CC)cc3)cc2)C1. The van der Waals surface area contributed by atoms with Crippen LogP contribution in [-0.2, 0) is 14.6 Å². The van der Waals surface area contributed by atoms with E-state index in [4.69, 9.17) is 4.74 Å². The molecule has 8 nitrogen and oxygen atoms in total. The maximum atomic E-state index is 13.2. The molecular weight excluding hydrogens is 655 g/mol. The van der Waals surface area contributed by atoms with Gasteiger partial charge in [-0.15, -0.1) is 0 Å². The van der Waals surface area contributed by atoms with Crippen molar-refractivity contribution in [2.75, 3.05) is 36.9 Å². The summed E-state index contributed by atoms with van der Waals surface area (Å²) >= 11 is 0. The number of benzene rings is 2. The van der Waals surface area contributed by atoms with E-state index in [1.807, 2.05) is 17.9 Å². The molecule has 3 atom stereocenters. The highest BCUT2D eigenvalue weighted by atomic mass is 32.2. The van der Waals surface area contributed by atoms with Crippen LogP contribution in [0.25, 0.3) is 0 Å². The molecule has 1 amide bonds. The number of rotatable bonds is 14. The van der Waals surface area contributed by atoms with Crippen molar-refractivity contribution in [1.82, 2.24) is 10.2 Å². The Labute approximate surface area is 279 Å². The van der Waals surface area contributed by atoms with Crippen LogP contribution in [0.15, 0.2) is 53.4 Å². The maximum absolute atomic E-state index is 13.2. The minimum absolute atomic E-state index is 0.0185. The second-order valence-electron chi connectivity index (χ2n) is 12.5. The quantitative estimate of drug-likeness (QED) is 0.218. The molecule has 0 unspecified atom stereocenters. The van der Waals surface area contributed by atoms with Crippen LogP contribution >= 0.6 is 0 Å². The third-order valence-electron chi connectivity index (χ3n) is 9.62. The highest BCUT2D eigenvalue weighted by Gasteiger charge is 2.42. The van der Waals surface area contributed by atoms with E-state index in [1.54, 1.807) is 43.3 Å². The monoisotopic (exact) mass is 698 g/mol. The van der Waals surface area contributed by atoms with E-state index in [1.165, 1.54) is 12.1 Å². The van der Waals surface area contributed by atoms with Gasteiger partial charge in [0.2, 0.25) is 0 Å². The zero-order valence-corrected chi connectivity index (χ0v) is 28.0. The van der Waals surface area contributed by atoms with Gasteiger partial charge in [-0.1, -0.05) is 26.0 Å². The van der Waals surface area contributed by atoms with E-state index in [2.05, 4.69) is 10.2 Å². The van der Waals surface area contributed by atoms with E-state index in [-0.39, 0.29) is 54.5 Å². The number of nitrogens with zero attached hydrogens (tertiary/aromatic N) is 3. The number of nitrogens with one attached hydrogen (secondary N) is 1. The lowest BCUT2D eigenvalue weighted by Crippen LogP contribution is -2.41. The molecule has 0 bridgehead atoms. The minimum Gasteiger partial charge on any atom is -0.365 e. The number of carbonyl (C=O) groups excluding carboxylic acids is 1. The Morgan fingerprint density at radius 1 is 1.06 bits per heavy atom. The lowest BCUT2D eigenvalue weighted by molar-refractivity contribution is -0.184. The summed E-state index contributed by atoms with van der Waals surface area (Å²) in [5.74, 6) is -1.60. The van der Waals surface area contributed by atoms with Gasteiger partial charge in [0.25, 0.3) is 5.91 Å². The Morgan fingerprint density at radius 2 is 1.71 bits per heavy atom. The molecule has 48 heavy (non-hydrogen) atoms. The van der Waals surface area contributed by atoms with Crippen molar-refractivity contribution in [3.8, 4) is 6.07 Å². The number of likely N-dealkylation sites (N-methyl/N-ethyl adjacent to an activating group) is 1. The number of alkyl halides is 5. The van der Waals surface area contributed by atoms with Crippen molar-refractivity contribution >= 4 is 21.4 Å². The first-order chi connectivity index (χ1) is 22.7. The molecule has 2 aromatic rings. The molecule has 0 radical (unpaired) electrons. The smallest absolute Gasteiger partial charge is 0.365 e. The fourth-order valence-corrected chi connectivity index (χ4v) is 7.70. The number of amides is 1. The summed E-state index contributed by atoms with van der Waals surface area (Å²) in [6.45, 7) is 2.20. The van der Waals surface area contributed by atoms with Crippen molar-refractivity contribution in [2.45, 2.75) is 88.2 Å². The van der Waals surface area contributed by atoms with Crippen LogP contribution in [0.3, 0.4) is 0 Å². The Hall–Kier alpha value is -3.28. The van der Waals surface area contributed by atoms with Crippen molar-refractivity contribution in [3.05, 3.63) is 59.7 Å². The van der Waals surface area contributed by atoms with Crippen LogP contribution in [0.4, 0.5) is 27.6 Å². The normalized spacial score (nSPS) is 22.5. The first-order valence-corrected chi connectivity index (χ1v) is 18.0. The lowest BCUT2D eigenvalue weighted by Gasteiger charge is -2.35. The third-order valence-corrected chi connectivity index (χ3v) is 11.4. The van der Waals surface area contributed by atoms with Crippen LogP contribution in [0.5, 0.6) is 0 Å². The van der Waals surface area contributed by atoms with Gasteiger partial charge in [0.1, 0.15) is 0 Å². The van der Waals surface area contributed by atoms with E-state index in [9.17, 15) is 40.4 Å². The van der Waals surface area contributed by atoms with Crippen LogP contribution in [-0.4, -0.2) is 76.1 Å². The number of ether oxygens (including phenoxy) is 1. The summed E-state index contributed by atoms with van der Waals surface area (Å²) in [6.07, 6.45) is -2.42. The molecule has 264 valence electrons. The van der Waals surface area contributed by atoms with Gasteiger partial charge in [0.05, 0.1) is 47.7 Å². The van der Waals surface area contributed by atoms with Gasteiger partial charge in [-0.05, 0) is 86.5 Å². The number of anilines is 1. The molecule has 2 aliphatic rings. The summed E-state index contributed by atoms with van der Waals surface area (Å²) < 4.78 is 94.7. The summed E-state index contributed by atoms with van der Waals surface area (Å²) in [5.41, 5.74) is 1.60. The summed E-state index contributed by atoms with van der Waals surface area (Å²) in [4.78, 5) is 17.6. The Kier molecular flexibility index (Phi) is 12.8. The molecule has 4 rings (SSSR count). The Bertz CT molecular complexity index is 1490. The Balaban J connectivity index is 1.43. The molecule has 14 heteroatoms. The van der Waals surface area contributed by atoms with Crippen LogP contribution in [0.1, 0.15) is 74.3 Å². The second-order valence-corrected chi connectivity index (χ2v) is 14.8. The molecule has 2 fully saturated rings. The van der Waals surface area contributed by atoms with Gasteiger partial charge < -0.3 is 15.0 Å².